The lowest BCUT2D eigenvalue weighted by atomic mass is 10.2. The first-order valence-corrected chi connectivity index (χ1v) is 8.67. The fraction of sp³-hybridized carbons (Fsp3) is 0.125. The molecule has 8 nitrogen and oxygen atoms in total. The Morgan fingerprint density at radius 2 is 1.89 bits per heavy atom. The van der Waals surface area contributed by atoms with E-state index in [2.05, 4.69) is 15.5 Å². The summed E-state index contributed by atoms with van der Waals surface area (Å²) in [5.74, 6) is -1.41. The van der Waals surface area contributed by atoms with Crippen molar-refractivity contribution in [2.75, 3.05) is 5.32 Å². The van der Waals surface area contributed by atoms with E-state index in [1.807, 2.05) is 0 Å². The predicted octanol–water partition coefficient (Wildman–Crippen LogP) is 3.43. The number of nitrogens with one attached hydrogen (secondary N) is 1. The van der Waals surface area contributed by atoms with E-state index < -0.39 is 11.9 Å². The normalized spacial score (nSPS) is 10.8. The van der Waals surface area contributed by atoms with Crippen LogP contribution in [0.15, 0.2) is 36.8 Å². The Labute approximate surface area is 168 Å². The molecule has 140 valence electrons. The molecule has 0 aliphatic carbocycles. The van der Waals surface area contributed by atoms with Gasteiger partial charge in [0.25, 0.3) is 5.91 Å². The third kappa shape index (κ3) is 4.79. The van der Waals surface area contributed by atoms with E-state index in [1.54, 1.807) is 24.4 Å². The average molecular weight is 429 g/mol. The summed E-state index contributed by atoms with van der Waals surface area (Å²) in [6, 6.07) is 5.11. The number of hydrogen-bond donors (Lipinski definition) is 2. The Bertz CT molecular complexity index is 1010. The molecule has 0 unspecified atom stereocenters. The van der Waals surface area contributed by atoms with Gasteiger partial charge in [0, 0.05) is 22.4 Å². The Morgan fingerprint density at radius 1 is 1.11 bits per heavy atom. The van der Waals surface area contributed by atoms with E-state index in [0.717, 1.165) is 10.2 Å². The second-order valence-electron chi connectivity index (χ2n) is 5.53. The number of carboxylic acid groups (broad SMARTS) is 1. The Kier molecular flexibility index (Phi) is 5.69. The number of anilines is 1. The quantitative estimate of drug-likeness (QED) is 0.626. The molecule has 2 N–H and O–H groups in total. The number of benzene rings is 1. The summed E-state index contributed by atoms with van der Waals surface area (Å²) in [4.78, 5) is 22.9. The van der Waals surface area contributed by atoms with Gasteiger partial charge in [0.05, 0.1) is 18.3 Å². The van der Waals surface area contributed by atoms with Crippen LogP contribution in [0.2, 0.25) is 15.1 Å². The van der Waals surface area contributed by atoms with Crippen LogP contribution < -0.4 is 5.32 Å². The van der Waals surface area contributed by atoms with Crippen LogP contribution in [0.25, 0.3) is 0 Å². The van der Waals surface area contributed by atoms with Crippen molar-refractivity contribution >= 4 is 52.5 Å². The standard InChI is InChI=1S/C16H12Cl3N5O3/c17-11-2-1-9(12(18)3-11)5-24-7-13(19)15(22-24)21-16(27)10-4-20-23(6-10)8-14(25)26/h1-4,6-7H,5,8H2,(H,25,26)(H,21,22,27). The fourth-order valence-electron chi connectivity index (χ4n) is 2.27. The van der Waals surface area contributed by atoms with Crippen molar-refractivity contribution in [1.82, 2.24) is 19.6 Å². The van der Waals surface area contributed by atoms with Gasteiger partial charge in [-0.3, -0.25) is 19.0 Å². The van der Waals surface area contributed by atoms with Crippen molar-refractivity contribution in [2.24, 2.45) is 0 Å². The number of nitrogens with zero attached hydrogens (tertiary/aromatic N) is 4. The minimum absolute atomic E-state index is 0.165. The number of rotatable bonds is 6. The number of carbonyl (C=O) groups is 2. The molecule has 0 saturated carbocycles. The molecule has 0 bridgehead atoms. The van der Waals surface area contributed by atoms with Crippen LogP contribution in [0.5, 0.6) is 0 Å². The van der Waals surface area contributed by atoms with Crippen molar-refractivity contribution in [3.05, 3.63) is 63.0 Å². The van der Waals surface area contributed by atoms with Gasteiger partial charge in [-0.25, -0.2) is 0 Å². The summed E-state index contributed by atoms with van der Waals surface area (Å²) in [6.07, 6.45) is 4.13. The first-order chi connectivity index (χ1) is 12.8. The van der Waals surface area contributed by atoms with Crippen molar-refractivity contribution in [1.29, 1.82) is 0 Å². The molecule has 0 spiro atoms. The van der Waals surface area contributed by atoms with Gasteiger partial charge >= 0.3 is 5.97 Å². The maximum atomic E-state index is 12.3. The average Bonchev–Trinajstić information content (AvgIpc) is 3.17. The lowest BCUT2D eigenvalue weighted by Crippen LogP contribution is -2.13. The Morgan fingerprint density at radius 3 is 2.59 bits per heavy atom. The Balaban J connectivity index is 1.71. The molecule has 0 saturated heterocycles. The third-order valence-corrected chi connectivity index (χ3v) is 4.35. The van der Waals surface area contributed by atoms with Crippen LogP contribution in [0.4, 0.5) is 5.82 Å². The van der Waals surface area contributed by atoms with Gasteiger partial charge in [-0.2, -0.15) is 10.2 Å². The van der Waals surface area contributed by atoms with E-state index >= 15 is 0 Å². The molecular formula is C16H12Cl3N5O3. The summed E-state index contributed by atoms with van der Waals surface area (Å²) >= 11 is 18.2. The molecule has 0 aliphatic rings. The number of carboxylic acids is 1. The highest BCUT2D eigenvalue weighted by molar-refractivity contribution is 6.35. The highest BCUT2D eigenvalue weighted by atomic mass is 35.5. The van der Waals surface area contributed by atoms with Crippen LogP contribution in [-0.2, 0) is 17.9 Å². The highest BCUT2D eigenvalue weighted by Gasteiger charge is 2.15. The number of aromatic nitrogens is 4. The molecule has 11 heteroatoms. The molecule has 0 radical (unpaired) electrons. The smallest absolute Gasteiger partial charge is 0.325 e. The van der Waals surface area contributed by atoms with Crippen LogP contribution >= 0.6 is 34.8 Å². The highest BCUT2D eigenvalue weighted by Crippen LogP contribution is 2.24. The molecule has 3 aromatic rings. The topological polar surface area (TPSA) is 102 Å². The fourth-order valence-corrected chi connectivity index (χ4v) is 2.94. The number of amides is 1. The lowest BCUT2D eigenvalue weighted by Gasteiger charge is -2.05. The van der Waals surface area contributed by atoms with Crippen molar-refractivity contribution in [2.45, 2.75) is 13.1 Å². The SMILES string of the molecule is O=C(O)Cn1cc(C(=O)Nc2nn(Cc3ccc(Cl)cc3Cl)cc2Cl)cn1. The summed E-state index contributed by atoms with van der Waals surface area (Å²) in [5, 5.41) is 20.6. The Hall–Kier alpha value is -2.55. The van der Waals surface area contributed by atoms with E-state index in [-0.39, 0.29) is 22.9 Å². The second kappa shape index (κ2) is 7.99. The molecule has 27 heavy (non-hydrogen) atoms. The van der Waals surface area contributed by atoms with E-state index in [1.165, 1.54) is 17.1 Å². The van der Waals surface area contributed by atoms with Gasteiger partial charge < -0.3 is 10.4 Å². The third-order valence-electron chi connectivity index (χ3n) is 3.49. The van der Waals surface area contributed by atoms with E-state index in [0.29, 0.717) is 16.6 Å². The van der Waals surface area contributed by atoms with Gasteiger partial charge in [-0.15, -0.1) is 0 Å². The predicted molar refractivity (Wildman–Crippen MR) is 101 cm³/mol. The summed E-state index contributed by atoms with van der Waals surface area (Å²) in [7, 11) is 0. The van der Waals surface area contributed by atoms with Gasteiger partial charge in [-0.1, -0.05) is 40.9 Å². The van der Waals surface area contributed by atoms with Crippen LogP contribution in [0.1, 0.15) is 15.9 Å². The molecule has 2 aromatic heterocycles. The summed E-state index contributed by atoms with van der Waals surface area (Å²) in [5.41, 5.74) is 0.968. The van der Waals surface area contributed by atoms with Gasteiger partial charge in [0.15, 0.2) is 5.82 Å². The molecule has 0 aliphatic heterocycles. The first kappa shape index (κ1) is 19.2. The number of hydrogen-bond acceptors (Lipinski definition) is 4. The molecule has 1 amide bonds. The zero-order chi connectivity index (χ0) is 19.6. The molecular weight excluding hydrogens is 417 g/mol. The van der Waals surface area contributed by atoms with Crippen molar-refractivity contribution in [3.63, 3.8) is 0 Å². The van der Waals surface area contributed by atoms with E-state index in [9.17, 15) is 9.59 Å². The van der Waals surface area contributed by atoms with E-state index in [4.69, 9.17) is 39.9 Å². The maximum absolute atomic E-state index is 12.3. The molecule has 2 heterocycles. The van der Waals surface area contributed by atoms with Gasteiger partial charge in [0.2, 0.25) is 0 Å². The van der Waals surface area contributed by atoms with Crippen LogP contribution in [0, 0.1) is 0 Å². The molecule has 1 aromatic carbocycles. The zero-order valence-electron chi connectivity index (χ0n) is 13.6. The minimum Gasteiger partial charge on any atom is -0.480 e. The zero-order valence-corrected chi connectivity index (χ0v) is 15.8. The van der Waals surface area contributed by atoms with Crippen molar-refractivity contribution < 1.29 is 14.7 Å². The molecule has 3 rings (SSSR count). The monoisotopic (exact) mass is 427 g/mol. The van der Waals surface area contributed by atoms with Crippen LogP contribution in [-0.4, -0.2) is 36.5 Å². The largest absolute Gasteiger partial charge is 0.480 e. The molecule has 0 fully saturated rings. The summed E-state index contributed by atoms with van der Waals surface area (Å²) < 4.78 is 2.67. The minimum atomic E-state index is -1.06. The van der Waals surface area contributed by atoms with Gasteiger partial charge in [0.1, 0.15) is 11.6 Å². The number of halogens is 3. The first-order valence-electron chi connectivity index (χ1n) is 7.54. The number of aliphatic carboxylic acids is 1. The maximum Gasteiger partial charge on any atom is 0.325 e. The lowest BCUT2D eigenvalue weighted by molar-refractivity contribution is -0.137. The van der Waals surface area contributed by atoms with Crippen LogP contribution in [0.3, 0.4) is 0 Å². The summed E-state index contributed by atoms with van der Waals surface area (Å²) in [6.45, 7) is -0.00729. The number of carbonyl (C=O) groups excluding carboxylic acids is 1. The van der Waals surface area contributed by atoms with Crippen molar-refractivity contribution in [3.8, 4) is 0 Å². The second-order valence-corrected chi connectivity index (χ2v) is 6.78. The molecule has 0 atom stereocenters. The van der Waals surface area contributed by atoms with Gasteiger partial charge in [-0.05, 0) is 17.7 Å².